The third-order valence-corrected chi connectivity index (χ3v) is 3.65. The molecule has 3 rings (SSSR count). The van der Waals surface area contributed by atoms with Crippen molar-refractivity contribution in [3.05, 3.63) is 54.0 Å². The van der Waals surface area contributed by atoms with E-state index >= 15 is 0 Å². The van der Waals surface area contributed by atoms with Gasteiger partial charge in [0.25, 0.3) is 0 Å². The first-order valence-electron chi connectivity index (χ1n) is 6.97. The van der Waals surface area contributed by atoms with Crippen LogP contribution in [0.1, 0.15) is 23.7 Å². The summed E-state index contributed by atoms with van der Waals surface area (Å²) in [5.74, 6) is 0.950. The van der Waals surface area contributed by atoms with E-state index in [0.29, 0.717) is 6.54 Å². The molecule has 4 heteroatoms. The van der Waals surface area contributed by atoms with Crippen molar-refractivity contribution in [1.29, 1.82) is 0 Å². The van der Waals surface area contributed by atoms with E-state index in [4.69, 9.17) is 4.42 Å². The molecule has 2 N–H and O–H groups in total. The Kier molecular flexibility index (Phi) is 3.72. The largest absolute Gasteiger partial charge is 0.469 e. The molecule has 4 nitrogen and oxygen atoms in total. The highest BCUT2D eigenvalue weighted by Crippen LogP contribution is 2.31. The number of carbonyl (C=O) groups is 1. The van der Waals surface area contributed by atoms with Crippen LogP contribution < -0.4 is 10.6 Å². The van der Waals surface area contributed by atoms with Gasteiger partial charge in [-0.25, -0.2) is 0 Å². The number of carbonyl (C=O) groups excluding carboxylic acids is 1. The van der Waals surface area contributed by atoms with E-state index in [-0.39, 0.29) is 11.8 Å². The molecule has 20 heavy (non-hydrogen) atoms. The summed E-state index contributed by atoms with van der Waals surface area (Å²) in [7, 11) is 0. The Morgan fingerprint density at radius 3 is 3.05 bits per heavy atom. The van der Waals surface area contributed by atoms with E-state index in [2.05, 4.69) is 10.6 Å². The quantitative estimate of drug-likeness (QED) is 0.897. The van der Waals surface area contributed by atoms with Gasteiger partial charge in [-0.1, -0.05) is 18.2 Å². The van der Waals surface area contributed by atoms with E-state index in [1.165, 1.54) is 0 Å². The molecule has 1 aliphatic rings. The molecule has 2 aromatic rings. The van der Waals surface area contributed by atoms with Crippen LogP contribution >= 0.6 is 0 Å². The summed E-state index contributed by atoms with van der Waals surface area (Å²) in [6, 6.07) is 11.8. The predicted molar refractivity (Wildman–Crippen MR) is 77.7 cm³/mol. The minimum absolute atomic E-state index is 0.0518. The van der Waals surface area contributed by atoms with Crippen LogP contribution in [0.3, 0.4) is 0 Å². The van der Waals surface area contributed by atoms with Gasteiger partial charge in [0, 0.05) is 25.2 Å². The van der Waals surface area contributed by atoms with Crippen LogP contribution in [0.25, 0.3) is 0 Å². The molecule has 0 aliphatic carbocycles. The first-order valence-corrected chi connectivity index (χ1v) is 6.97. The second kappa shape index (κ2) is 5.82. The fraction of sp³-hybridized carbons (Fsp3) is 0.312. The Morgan fingerprint density at radius 1 is 1.30 bits per heavy atom. The van der Waals surface area contributed by atoms with Crippen LogP contribution in [0.4, 0.5) is 5.69 Å². The lowest BCUT2D eigenvalue weighted by atomic mass is 9.90. The molecule has 0 saturated carbocycles. The molecule has 1 aromatic heterocycles. The van der Waals surface area contributed by atoms with Crippen LogP contribution in [-0.2, 0) is 11.2 Å². The summed E-state index contributed by atoms with van der Waals surface area (Å²) in [5, 5.41) is 6.34. The SMILES string of the molecule is O=C(NCCc1ccco1)C1CCNc2ccccc21. The molecule has 1 atom stereocenters. The third-order valence-electron chi connectivity index (χ3n) is 3.65. The van der Waals surface area contributed by atoms with Gasteiger partial charge in [-0.2, -0.15) is 0 Å². The van der Waals surface area contributed by atoms with Gasteiger partial charge in [-0.05, 0) is 30.2 Å². The van der Waals surface area contributed by atoms with Crippen molar-refractivity contribution in [2.75, 3.05) is 18.4 Å². The van der Waals surface area contributed by atoms with Crippen molar-refractivity contribution in [2.45, 2.75) is 18.8 Å². The van der Waals surface area contributed by atoms with Gasteiger partial charge in [-0.15, -0.1) is 0 Å². The fourth-order valence-corrected chi connectivity index (χ4v) is 2.63. The first-order chi connectivity index (χ1) is 9.84. The number of nitrogens with one attached hydrogen (secondary N) is 2. The molecule has 2 heterocycles. The Bertz CT molecular complexity index is 578. The van der Waals surface area contributed by atoms with Gasteiger partial charge in [0.15, 0.2) is 0 Å². The van der Waals surface area contributed by atoms with Gasteiger partial charge in [0.1, 0.15) is 5.76 Å². The predicted octanol–water partition coefficient (Wildman–Crippen LogP) is 2.54. The summed E-state index contributed by atoms with van der Waals surface area (Å²) >= 11 is 0. The lowest BCUT2D eigenvalue weighted by Gasteiger charge is -2.25. The van der Waals surface area contributed by atoms with Gasteiger partial charge in [-0.3, -0.25) is 4.79 Å². The monoisotopic (exact) mass is 270 g/mol. The topological polar surface area (TPSA) is 54.3 Å². The number of hydrogen-bond acceptors (Lipinski definition) is 3. The Hall–Kier alpha value is -2.23. The molecular formula is C16H18N2O2. The zero-order valence-electron chi connectivity index (χ0n) is 11.3. The molecule has 1 aliphatic heterocycles. The summed E-state index contributed by atoms with van der Waals surface area (Å²) in [6.07, 6.45) is 3.22. The van der Waals surface area contributed by atoms with E-state index in [1.54, 1.807) is 6.26 Å². The zero-order valence-corrected chi connectivity index (χ0v) is 11.3. The molecule has 0 radical (unpaired) electrons. The second-order valence-electron chi connectivity index (χ2n) is 4.98. The number of para-hydroxylation sites is 1. The molecule has 0 bridgehead atoms. The fourth-order valence-electron chi connectivity index (χ4n) is 2.63. The van der Waals surface area contributed by atoms with E-state index in [9.17, 15) is 4.79 Å². The second-order valence-corrected chi connectivity index (χ2v) is 4.98. The Labute approximate surface area is 118 Å². The molecule has 0 spiro atoms. The highest BCUT2D eigenvalue weighted by Gasteiger charge is 2.25. The Morgan fingerprint density at radius 2 is 2.20 bits per heavy atom. The highest BCUT2D eigenvalue weighted by atomic mass is 16.3. The number of fused-ring (bicyclic) bond motifs is 1. The van der Waals surface area contributed by atoms with Gasteiger partial charge in [0.2, 0.25) is 5.91 Å². The maximum absolute atomic E-state index is 12.3. The maximum atomic E-state index is 12.3. The smallest absolute Gasteiger partial charge is 0.227 e. The first kappa shape index (κ1) is 12.8. The van der Waals surface area contributed by atoms with Crippen LogP contribution in [0.5, 0.6) is 0 Å². The Balaban J connectivity index is 1.60. The van der Waals surface area contributed by atoms with E-state index < -0.39 is 0 Å². The normalized spacial score (nSPS) is 17.1. The average molecular weight is 270 g/mol. The molecule has 1 aromatic carbocycles. The number of amides is 1. The summed E-state index contributed by atoms with van der Waals surface area (Å²) < 4.78 is 5.26. The molecule has 1 amide bonds. The number of furan rings is 1. The molecule has 1 unspecified atom stereocenters. The summed E-state index contributed by atoms with van der Waals surface area (Å²) in [5.41, 5.74) is 2.17. The molecule has 0 saturated heterocycles. The minimum Gasteiger partial charge on any atom is -0.469 e. The minimum atomic E-state index is -0.0518. The van der Waals surface area contributed by atoms with Crippen molar-refractivity contribution in [3.63, 3.8) is 0 Å². The highest BCUT2D eigenvalue weighted by molar-refractivity contribution is 5.86. The molecule has 104 valence electrons. The lowest BCUT2D eigenvalue weighted by Crippen LogP contribution is -2.34. The van der Waals surface area contributed by atoms with Crippen LogP contribution in [-0.4, -0.2) is 19.0 Å². The van der Waals surface area contributed by atoms with Gasteiger partial charge in [0.05, 0.1) is 12.2 Å². The van der Waals surface area contributed by atoms with Crippen molar-refractivity contribution in [3.8, 4) is 0 Å². The van der Waals surface area contributed by atoms with Gasteiger partial charge >= 0.3 is 0 Å². The summed E-state index contributed by atoms with van der Waals surface area (Å²) in [6.45, 7) is 1.45. The van der Waals surface area contributed by atoms with Gasteiger partial charge < -0.3 is 15.1 Å². The number of benzene rings is 1. The van der Waals surface area contributed by atoms with Crippen LogP contribution in [0.2, 0.25) is 0 Å². The average Bonchev–Trinajstić information content (AvgIpc) is 3.00. The maximum Gasteiger partial charge on any atom is 0.227 e. The van der Waals surface area contributed by atoms with E-state index in [0.717, 1.165) is 36.4 Å². The van der Waals surface area contributed by atoms with Crippen molar-refractivity contribution < 1.29 is 9.21 Å². The third kappa shape index (κ3) is 2.69. The molecule has 0 fully saturated rings. The van der Waals surface area contributed by atoms with E-state index in [1.807, 2.05) is 36.4 Å². The van der Waals surface area contributed by atoms with Crippen LogP contribution in [0.15, 0.2) is 47.1 Å². The molecular weight excluding hydrogens is 252 g/mol. The summed E-state index contributed by atoms with van der Waals surface area (Å²) in [4.78, 5) is 12.3. The number of hydrogen-bond donors (Lipinski definition) is 2. The van der Waals surface area contributed by atoms with Crippen molar-refractivity contribution >= 4 is 11.6 Å². The number of anilines is 1. The van der Waals surface area contributed by atoms with Crippen LogP contribution in [0, 0.1) is 0 Å². The number of rotatable bonds is 4. The van der Waals surface area contributed by atoms with Crippen molar-refractivity contribution in [2.24, 2.45) is 0 Å². The van der Waals surface area contributed by atoms with Crippen molar-refractivity contribution in [1.82, 2.24) is 5.32 Å². The zero-order chi connectivity index (χ0) is 13.8. The lowest BCUT2D eigenvalue weighted by molar-refractivity contribution is -0.122. The standard InChI is InChI=1S/C16H18N2O2/c19-16(18-9-7-12-4-3-11-20-12)14-8-10-17-15-6-2-1-5-13(14)15/h1-6,11,14,17H,7-10H2,(H,18,19).